The Morgan fingerprint density at radius 1 is 0.489 bits per heavy atom. The summed E-state index contributed by atoms with van der Waals surface area (Å²) < 4.78 is 42.6. The molecule has 0 aliphatic heterocycles. The van der Waals surface area contributed by atoms with Crippen LogP contribution < -0.4 is 9.36 Å². The fraction of sp³-hybridized carbons (Fsp3) is 0.118. The second-order valence-electron chi connectivity index (χ2n) is 10.4. The third-order valence-corrected chi connectivity index (χ3v) is 8.41. The number of rotatable bonds is 4. The van der Waals surface area contributed by atoms with E-state index in [0.717, 1.165) is 65.1 Å². The van der Waals surface area contributed by atoms with Gasteiger partial charge in [-0.15, -0.1) is 9.36 Å². The molecule has 0 radical (unpaired) electrons. The predicted octanol–water partition coefficient (Wildman–Crippen LogP) is 7.64. The number of benzene rings is 4. The zero-order valence-electron chi connectivity index (χ0n) is 25.7. The van der Waals surface area contributed by atoms with E-state index < -0.39 is 10.4 Å². The molecule has 0 fully saturated rings. The zero-order valence-corrected chi connectivity index (χ0v) is 29.6. The van der Waals surface area contributed by atoms with Gasteiger partial charge in [-0.3, -0.25) is 8.42 Å². The summed E-state index contributed by atoms with van der Waals surface area (Å²) in [6.07, 6.45) is 0. The fourth-order valence-electron chi connectivity index (χ4n) is 4.84. The number of hydrogen-bond donors (Lipinski definition) is 0. The summed E-state index contributed by atoms with van der Waals surface area (Å²) in [5.41, 5.74) is 9.10. The monoisotopic (exact) mass is 730 g/mol. The van der Waals surface area contributed by atoms with E-state index in [9.17, 15) is 0 Å². The Labute approximate surface area is 294 Å². The molecule has 47 heavy (non-hydrogen) atoms. The average molecular weight is 733 g/mol. The van der Waals surface area contributed by atoms with Crippen LogP contribution in [0.4, 0.5) is 0 Å². The Bertz CT molecular complexity index is 1800. The van der Waals surface area contributed by atoms with Gasteiger partial charge in [-0.1, -0.05) is 70.7 Å². The predicted molar refractivity (Wildman–Crippen MR) is 185 cm³/mol. The molecule has 8 nitrogen and oxygen atoms in total. The molecular weight excluding hydrogens is 702 g/mol. The first-order chi connectivity index (χ1) is 22.1. The maximum atomic E-state index is 8.52. The van der Waals surface area contributed by atoms with Crippen molar-refractivity contribution >= 4 is 56.8 Å². The van der Waals surface area contributed by atoms with Crippen molar-refractivity contribution in [2.24, 2.45) is 28.2 Å². The van der Waals surface area contributed by atoms with Gasteiger partial charge in [0.2, 0.25) is 11.4 Å². The van der Waals surface area contributed by atoms with Crippen molar-refractivity contribution in [1.82, 2.24) is 9.36 Å². The van der Waals surface area contributed by atoms with Gasteiger partial charge in [-0.25, -0.2) is 0 Å². The van der Waals surface area contributed by atoms with Crippen LogP contribution in [-0.2, 0) is 38.6 Å². The summed E-state index contributed by atoms with van der Waals surface area (Å²) in [7, 11) is 3.01. The Hall–Kier alpha value is -3.67. The summed E-state index contributed by atoms with van der Waals surface area (Å²) >= 11 is 23.8. The highest BCUT2D eigenvalue weighted by Gasteiger charge is 2.21. The molecule has 0 bridgehead atoms. The van der Waals surface area contributed by atoms with Gasteiger partial charge >= 0.3 is 0 Å². The fourth-order valence-corrected chi connectivity index (χ4v) is 5.35. The molecule has 6 aromatic rings. The van der Waals surface area contributed by atoms with Crippen LogP contribution in [0.25, 0.3) is 45.0 Å². The third-order valence-electron chi connectivity index (χ3n) is 7.40. The minimum Gasteiger partial charge on any atom is -0.759 e. The second kappa shape index (κ2) is 15.5. The van der Waals surface area contributed by atoms with Gasteiger partial charge in [0.15, 0.2) is 14.1 Å². The lowest BCUT2D eigenvalue weighted by Crippen LogP contribution is -2.39. The molecule has 0 aliphatic carbocycles. The van der Waals surface area contributed by atoms with Gasteiger partial charge in [-0.05, 0) is 72.8 Å². The van der Waals surface area contributed by atoms with Crippen molar-refractivity contribution in [3.63, 3.8) is 0 Å². The SMILES string of the molecule is Cn1c(-c2ccc(Cl)cc2)cc(-c2ccc(Cl)cc2)[n+]1C.Cn1c(-c2ccc(Cl)cc2)cc(-c2ccc(Cl)cc2)[n+]1C.O=S(=O)([O-])[O-]. The van der Waals surface area contributed by atoms with Crippen LogP contribution in [0.3, 0.4) is 0 Å². The molecule has 0 aliphatic rings. The lowest BCUT2D eigenvalue weighted by atomic mass is 10.1. The molecule has 2 aromatic heterocycles. The minimum absolute atomic E-state index is 0.746. The minimum atomic E-state index is -5.17. The van der Waals surface area contributed by atoms with Crippen LogP contribution in [0, 0.1) is 0 Å². The Morgan fingerprint density at radius 3 is 0.936 bits per heavy atom. The van der Waals surface area contributed by atoms with Crippen LogP contribution in [0.1, 0.15) is 0 Å². The number of nitrogens with zero attached hydrogens (tertiary/aromatic N) is 4. The summed E-state index contributed by atoms with van der Waals surface area (Å²) in [6.45, 7) is 0. The molecule has 0 saturated heterocycles. The molecule has 0 unspecified atom stereocenters. The highest BCUT2D eigenvalue weighted by Crippen LogP contribution is 2.28. The molecule has 13 heteroatoms. The zero-order chi connectivity index (χ0) is 34.5. The molecule has 6 rings (SSSR count). The summed E-state index contributed by atoms with van der Waals surface area (Å²) in [5.74, 6) is 0. The second-order valence-corrected chi connectivity index (χ2v) is 12.9. The number of hydrogen-bond acceptors (Lipinski definition) is 4. The van der Waals surface area contributed by atoms with E-state index in [1.807, 2.05) is 125 Å². The van der Waals surface area contributed by atoms with E-state index in [0.29, 0.717) is 0 Å². The van der Waals surface area contributed by atoms with Crippen molar-refractivity contribution in [1.29, 1.82) is 0 Å². The first-order valence-corrected chi connectivity index (χ1v) is 16.8. The largest absolute Gasteiger partial charge is 0.759 e. The summed E-state index contributed by atoms with van der Waals surface area (Å²) in [4.78, 5) is 0. The Morgan fingerprint density at radius 2 is 0.702 bits per heavy atom. The highest BCUT2D eigenvalue weighted by atomic mass is 35.5. The molecule has 244 valence electrons. The van der Waals surface area contributed by atoms with E-state index in [1.165, 1.54) is 0 Å². The third kappa shape index (κ3) is 9.68. The van der Waals surface area contributed by atoms with Gasteiger partial charge in [0.25, 0.3) is 0 Å². The van der Waals surface area contributed by atoms with Gasteiger partial charge in [0.1, 0.15) is 11.4 Å². The lowest BCUT2D eigenvalue weighted by molar-refractivity contribution is -0.740. The molecular formula is C34H30Cl4N4O4S. The lowest BCUT2D eigenvalue weighted by Gasteiger charge is -2.06. The maximum Gasteiger partial charge on any atom is 0.238 e. The summed E-state index contributed by atoms with van der Waals surface area (Å²) in [5, 5.41) is 2.98. The topological polar surface area (TPSA) is 97.9 Å². The van der Waals surface area contributed by atoms with Gasteiger partial charge in [0, 0.05) is 64.9 Å². The van der Waals surface area contributed by atoms with Crippen molar-refractivity contribution in [3.8, 4) is 45.0 Å². The normalized spacial score (nSPS) is 10.9. The molecule has 0 atom stereocenters. The quantitative estimate of drug-likeness (QED) is 0.106. The van der Waals surface area contributed by atoms with Gasteiger partial charge < -0.3 is 9.11 Å². The smallest absolute Gasteiger partial charge is 0.238 e. The molecule has 4 aromatic carbocycles. The number of aromatic nitrogens is 4. The van der Waals surface area contributed by atoms with Crippen LogP contribution in [0.15, 0.2) is 109 Å². The van der Waals surface area contributed by atoms with E-state index in [4.69, 9.17) is 63.9 Å². The van der Waals surface area contributed by atoms with Crippen molar-refractivity contribution < 1.29 is 26.9 Å². The van der Waals surface area contributed by atoms with E-state index in [1.54, 1.807) is 0 Å². The first-order valence-electron chi connectivity index (χ1n) is 13.9. The maximum absolute atomic E-state index is 8.52. The Balaban J connectivity index is 0.000000186. The van der Waals surface area contributed by atoms with Crippen molar-refractivity contribution in [3.05, 3.63) is 129 Å². The molecule has 0 saturated carbocycles. The molecule has 0 spiro atoms. The molecule has 0 N–H and O–H groups in total. The van der Waals surface area contributed by atoms with Gasteiger partial charge in [-0.2, -0.15) is 9.36 Å². The first kappa shape index (κ1) is 36.2. The van der Waals surface area contributed by atoms with E-state index >= 15 is 0 Å². The Kier molecular flexibility index (Phi) is 11.9. The van der Waals surface area contributed by atoms with Gasteiger partial charge in [0.05, 0.1) is 14.1 Å². The average Bonchev–Trinajstić information content (AvgIpc) is 3.48. The standard InChI is InChI=1S/2C17H15Cl2N2.H2O4S/c2*1-20-16(12-3-7-14(18)8-4-12)11-17(21(20)2)13-5-9-15(19)10-6-13;1-5(2,3)4/h2*3-11H,1-2H3;(H2,1,2,3,4)/q2*+1;/p-2. The van der Waals surface area contributed by atoms with E-state index in [2.05, 4.69) is 30.9 Å². The summed E-state index contributed by atoms with van der Waals surface area (Å²) in [6, 6.07) is 35.9. The number of halogens is 4. The van der Waals surface area contributed by atoms with Crippen LogP contribution in [0.2, 0.25) is 20.1 Å². The van der Waals surface area contributed by atoms with Crippen molar-refractivity contribution in [2.45, 2.75) is 0 Å². The van der Waals surface area contributed by atoms with Crippen LogP contribution in [-0.4, -0.2) is 26.9 Å². The van der Waals surface area contributed by atoms with Crippen LogP contribution >= 0.6 is 46.4 Å². The van der Waals surface area contributed by atoms with E-state index in [-0.39, 0.29) is 0 Å². The van der Waals surface area contributed by atoms with Crippen molar-refractivity contribution in [2.75, 3.05) is 0 Å². The van der Waals surface area contributed by atoms with Crippen LogP contribution in [0.5, 0.6) is 0 Å². The molecule has 2 heterocycles. The molecule has 0 amide bonds. The highest BCUT2D eigenvalue weighted by molar-refractivity contribution is 7.79.